The number of amides is 1. The van der Waals surface area contributed by atoms with E-state index >= 15 is 0 Å². The Morgan fingerprint density at radius 3 is 2.73 bits per heavy atom. The molecule has 3 rings (SSSR count). The molecular formula is C20H20ClN3O2. The minimum Gasteiger partial charge on any atom is -0.492 e. The monoisotopic (exact) mass is 369 g/mol. The lowest BCUT2D eigenvalue weighted by Gasteiger charge is -2.14. The zero-order valence-electron chi connectivity index (χ0n) is 14.6. The Bertz CT molecular complexity index is 893. The summed E-state index contributed by atoms with van der Waals surface area (Å²) in [4.78, 5) is 12.7. The molecule has 1 heterocycles. The predicted octanol–water partition coefficient (Wildman–Crippen LogP) is 4.62. The molecule has 0 aliphatic carbocycles. The van der Waals surface area contributed by atoms with Gasteiger partial charge in [-0.1, -0.05) is 41.9 Å². The van der Waals surface area contributed by atoms with Crippen LogP contribution in [0.4, 0.5) is 0 Å². The number of ether oxygens (including phenoxy) is 1. The van der Waals surface area contributed by atoms with Crippen LogP contribution in [0, 0.1) is 0 Å². The lowest BCUT2D eigenvalue weighted by Crippen LogP contribution is -2.26. The van der Waals surface area contributed by atoms with Gasteiger partial charge < -0.3 is 10.1 Å². The molecule has 0 bridgehead atoms. The van der Waals surface area contributed by atoms with Crippen LogP contribution in [0.1, 0.15) is 35.8 Å². The standard InChI is InChI=1S/C20H20ClN3O2/c1-3-26-18-10-9-15(11-17(18)21)19-16(12-22-24-19)20(25)23-13(2)14-7-5-4-6-8-14/h4-13H,3H2,1-2H3,(H,22,24)(H,23,25)/t13-/m1/s1. The Kier molecular flexibility index (Phi) is 5.58. The van der Waals surface area contributed by atoms with Gasteiger partial charge >= 0.3 is 0 Å². The molecule has 2 N–H and O–H groups in total. The number of carbonyl (C=O) groups excluding carboxylic acids is 1. The first-order valence-electron chi connectivity index (χ1n) is 8.42. The van der Waals surface area contributed by atoms with Crippen LogP contribution >= 0.6 is 11.6 Å². The molecule has 26 heavy (non-hydrogen) atoms. The molecule has 1 atom stereocenters. The predicted molar refractivity (Wildman–Crippen MR) is 103 cm³/mol. The van der Waals surface area contributed by atoms with Crippen molar-refractivity contribution >= 4 is 17.5 Å². The average Bonchev–Trinajstić information content (AvgIpc) is 3.14. The lowest BCUT2D eigenvalue weighted by molar-refractivity contribution is 0.0940. The highest BCUT2D eigenvalue weighted by molar-refractivity contribution is 6.32. The first kappa shape index (κ1) is 18.0. The van der Waals surface area contributed by atoms with Gasteiger partial charge in [0.15, 0.2) is 0 Å². The molecule has 0 unspecified atom stereocenters. The van der Waals surface area contributed by atoms with Crippen molar-refractivity contribution in [3.05, 3.63) is 70.9 Å². The SMILES string of the molecule is CCOc1ccc(-c2[nH]ncc2C(=O)N[C@H](C)c2ccccc2)cc1Cl. The molecule has 0 saturated carbocycles. The van der Waals surface area contributed by atoms with Crippen LogP contribution in [-0.2, 0) is 0 Å². The van der Waals surface area contributed by atoms with Gasteiger partial charge in [-0.25, -0.2) is 0 Å². The number of nitrogens with zero attached hydrogens (tertiary/aromatic N) is 1. The summed E-state index contributed by atoms with van der Waals surface area (Å²) >= 11 is 6.26. The van der Waals surface area contributed by atoms with Gasteiger partial charge in [0.25, 0.3) is 5.91 Å². The van der Waals surface area contributed by atoms with Crippen LogP contribution < -0.4 is 10.1 Å². The summed E-state index contributed by atoms with van der Waals surface area (Å²) < 4.78 is 5.45. The Morgan fingerprint density at radius 1 is 1.27 bits per heavy atom. The largest absolute Gasteiger partial charge is 0.492 e. The van der Waals surface area contributed by atoms with Crippen LogP contribution in [0.25, 0.3) is 11.3 Å². The highest BCUT2D eigenvalue weighted by Crippen LogP contribution is 2.31. The molecule has 0 fully saturated rings. The molecule has 1 amide bonds. The Morgan fingerprint density at radius 2 is 2.04 bits per heavy atom. The lowest BCUT2D eigenvalue weighted by atomic mass is 10.1. The molecule has 134 valence electrons. The van der Waals surface area contributed by atoms with Crippen molar-refractivity contribution in [2.24, 2.45) is 0 Å². The number of aromatic amines is 1. The number of hydrogen-bond acceptors (Lipinski definition) is 3. The van der Waals surface area contributed by atoms with Crippen molar-refractivity contribution in [3.63, 3.8) is 0 Å². The molecule has 0 radical (unpaired) electrons. The summed E-state index contributed by atoms with van der Waals surface area (Å²) in [5.41, 5.74) is 2.89. The van der Waals surface area contributed by atoms with Crippen molar-refractivity contribution in [2.75, 3.05) is 6.61 Å². The number of benzene rings is 2. The van der Waals surface area contributed by atoms with Crippen LogP contribution in [0.3, 0.4) is 0 Å². The van der Waals surface area contributed by atoms with Crippen molar-refractivity contribution in [2.45, 2.75) is 19.9 Å². The van der Waals surface area contributed by atoms with Gasteiger partial charge in [0, 0.05) is 5.56 Å². The number of nitrogens with one attached hydrogen (secondary N) is 2. The molecule has 0 saturated heterocycles. The number of H-pyrrole nitrogens is 1. The van der Waals surface area contributed by atoms with Gasteiger partial charge in [-0.3, -0.25) is 9.89 Å². The Balaban J connectivity index is 1.82. The molecule has 5 nitrogen and oxygen atoms in total. The molecule has 3 aromatic rings. The summed E-state index contributed by atoms with van der Waals surface area (Å²) in [7, 11) is 0. The van der Waals surface area contributed by atoms with E-state index in [1.807, 2.05) is 50.2 Å². The van der Waals surface area contributed by atoms with Crippen LogP contribution in [-0.4, -0.2) is 22.7 Å². The third kappa shape index (κ3) is 3.89. The zero-order valence-corrected chi connectivity index (χ0v) is 15.4. The fourth-order valence-corrected chi connectivity index (χ4v) is 2.94. The number of hydrogen-bond donors (Lipinski definition) is 2. The minimum absolute atomic E-state index is 0.115. The molecule has 1 aromatic heterocycles. The van der Waals surface area contributed by atoms with Crippen LogP contribution in [0.5, 0.6) is 5.75 Å². The third-order valence-electron chi connectivity index (χ3n) is 4.05. The summed E-state index contributed by atoms with van der Waals surface area (Å²) in [5.74, 6) is 0.413. The van der Waals surface area contributed by atoms with Crippen molar-refractivity contribution in [3.8, 4) is 17.0 Å². The second-order valence-electron chi connectivity index (χ2n) is 5.84. The maximum Gasteiger partial charge on any atom is 0.255 e. The summed E-state index contributed by atoms with van der Waals surface area (Å²) in [6, 6.07) is 15.1. The topological polar surface area (TPSA) is 67.0 Å². The van der Waals surface area contributed by atoms with Crippen molar-refractivity contribution in [1.82, 2.24) is 15.5 Å². The van der Waals surface area contributed by atoms with E-state index in [4.69, 9.17) is 16.3 Å². The van der Waals surface area contributed by atoms with E-state index in [0.717, 1.165) is 11.1 Å². The summed E-state index contributed by atoms with van der Waals surface area (Å²) in [6.45, 7) is 4.38. The summed E-state index contributed by atoms with van der Waals surface area (Å²) in [6.07, 6.45) is 1.52. The van der Waals surface area contributed by atoms with Gasteiger partial charge in [-0.15, -0.1) is 0 Å². The van der Waals surface area contributed by atoms with E-state index in [-0.39, 0.29) is 11.9 Å². The van der Waals surface area contributed by atoms with Gasteiger partial charge in [0.1, 0.15) is 5.75 Å². The highest BCUT2D eigenvalue weighted by atomic mass is 35.5. The Hall–Kier alpha value is -2.79. The zero-order chi connectivity index (χ0) is 18.5. The smallest absolute Gasteiger partial charge is 0.255 e. The van der Waals surface area contributed by atoms with Gasteiger partial charge in [-0.2, -0.15) is 5.10 Å². The quantitative estimate of drug-likeness (QED) is 0.666. The average molecular weight is 370 g/mol. The maximum atomic E-state index is 12.7. The number of rotatable bonds is 6. The molecule has 0 aliphatic heterocycles. The molecule has 6 heteroatoms. The molecule has 2 aromatic carbocycles. The van der Waals surface area contributed by atoms with E-state index in [9.17, 15) is 4.79 Å². The fourth-order valence-electron chi connectivity index (χ4n) is 2.71. The number of aromatic nitrogens is 2. The fraction of sp³-hybridized carbons (Fsp3) is 0.200. The Labute approximate surface area is 157 Å². The van der Waals surface area contributed by atoms with E-state index < -0.39 is 0 Å². The van der Waals surface area contributed by atoms with Crippen molar-refractivity contribution in [1.29, 1.82) is 0 Å². The third-order valence-corrected chi connectivity index (χ3v) is 4.35. The second-order valence-corrected chi connectivity index (χ2v) is 6.25. The number of halogens is 1. The number of carbonyl (C=O) groups is 1. The molecular weight excluding hydrogens is 350 g/mol. The van der Waals surface area contributed by atoms with E-state index in [2.05, 4.69) is 15.5 Å². The first-order valence-corrected chi connectivity index (χ1v) is 8.79. The molecule has 0 spiro atoms. The molecule has 0 aliphatic rings. The van der Waals surface area contributed by atoms with E-state index in [1.165, 1.54) is 6.20 Å². The van der Waals surface area contributed by atoms with E-state index in [1.54, 1.807) is 12.1 Å². The van der Waals surface area contributed by atoms with Crippen molar-refractivity contribution < 1.29 is 9.53 Å². The highest BCUT2D eigenvalue weighted by Gasteiger charge is 2.18. The minimum atomic E-state index is -0.199. The normalized spacial score (nSPS) is 11.8. The second kappa shape index (κ2) is 8.06. The van der Waals surface area contributed by atoms with E-state index in [0.29, 0.717) is 28.6 Å². The van der Waals surface area contributed by atoms with Gasteiger partial charge in [-0.05, 0) is 37.6 Å². The van der Waals surface area contributed by atoms with Crippen LogP contribution in [0.2, 0.25) is 5.02 Å². The maximum absolute atomic E-state index is 12.7. The summed E-state index contributed by atoms with van der Waals surface area (Å²) in [5, 5.41) is 10.4. The van der Waals surface area contributed by atoms with Gasteiger partial charge in [0.05, 0.1) is 35.1 Å². The first-order chi connectivity index (χ1) is 12.6. The van der Waals surface area contributed by atoms with Gasteiger partial charge in [0.2, 0.25) is 0 Å². The van der Waals surface area contributed by atoms with Crippen LogP contribution in [0.15, 0.2) is 54.7 Å².